The van der Waals surface area contributed by atoms with Gasteiger partial charge in [-0.1, -0.05) is 28.1 Å². The van der Waals surface area contributed by atoms with Crippen molar-refractivity contribution in [1.82, 2.24) is 0 Å². The van der Waals surface area contributed by atoms with Crippen molar-refractivity contribution < 1.29 is 13.9 Å². The van der Waals surface area contributed by atoms with Crippen LogP contribution in [0.15, 0.2) is 22.7 Å². The average Bonchev–Trinajstić information content (AvgIpc) is 2.03. The third-order valence-corrected chi connectivity index (χ3v) is 2.37. The highest BCUT2D eigenvalue weighted by Gasteiger charge is 2.32. The molecule has 72 valence electrons. The molecule has 1 rings (SSSR count). The van der Waals surface area contributed by atoms with E-state index < -0.39 is 12.5 Å². The fourth-order valence-electron chi connectivity index (χ4n) is 1.00. The summed E-state index contributed by atoms with van der Waals surface area (Å²) >= 11 is 3.03. The number of aliphatic hydroxyl groups excluding tert-OH is 1. The molecule has 0 aliphatic heterocycles. The fraction of sp³-hybridized carbons (Fsp3) is 0.333. The second kappa shape index (κ2) is 3.72. The van der Waals surface area contributed by atoms with Crippen LogP contribution in [0.3, 0.4) is 0 Å². The fourth-order valence-corrected chi connectivity index (χ4v) is 1.79. The molecule has 0 atom stereocenters. The highest BCUT2D eigenvalue weighted by Crippen LogP contribution is 2.33. The number of rotatable bonds is 2. The summed E-state index contributed by atoms with van der Waals surface area (Å²) in [4.78, 5) is 0. The van der Waals surface area contributed by atoms with E-state index in [1.54, 1.807) is 12.1 Å². The Morgan fingerprint density at radius 1 is 1.46 bits per heavy atom. The Morgan fingerprint density at radius 2 is 2.08 bits per heavy atom. The molecule has 0 aliphatic rings. The third kappa shape index (κ3) is 2.25. The lowest BCUT2D eigenvalue weighted by atomic mass is 10.1. The van der Waals surface area contributed by atoms with Crippen molar-refractivity contribution in [3.8, 4) is 0 Å². The number of alkyl halides is 2. The first-order chi connectivity index (χ1) is 5.97. The molecule has 0 bridgehead atoms. The van der Waals surface area contributed by atoms with E-state index in [1.807, 2.05) is 6.92 Å². The minimum Gasteiger partial charge on any atom is -0.390 e. The van der Waals surface area contributed by atoms with E-state index in [-0.39, 0.29) is 5.56 Å². The van der Waals surface area contributed by atoms with Gasteiger partial charge >= 0.3 is 0 Å². The first-order valence-electron chi connectivity index (χ1n) is 3.72. The summed E-state index contributed by atoms with van der Waals surface area (Å²) in [5, 5.41) is 8.47. The molecule has 0 fully saturated rings. The average molecular weight is 251 g/mol. The van der Waals surface area contributed by atoms with Crippen molar-refractivity contribution in [3.05, 3.63) is 33.8 Å². The second-order valence-electron chi connectivity index (χ2n) is 2.85. The lowest BCUT2D eigenvalue weighted by Crippen LogP contribution is -2.19. The molecule has 1 N–H and O–H groups in total. The summed E-state index contributed by atoms with van der Waals surface area (Å²) in [6.07, 6.45) is 0. The predicted octanol–water partition coefficient (Wildman–Crippen LogP) is 2.84. The number of halogens is 3. The zero-order valence-corrected chi connectivity index (χ0v) is 8.61. The molecule has 0 heterocycles. The Bertz CT molecular complexity index is 312. The Balaban J connectivity index is 3.16. The third-order valence-electron chi connectivity index (χ3n) is 1.72. The zero-order chi connectivity index (χ0) is 10.1. The molecule has 0 radical (unpaired) electrons. The number of benzene rings is 1. The van der Waals surface area contributed by atoms with Gasteiger partial charge in [-0.15, -0.1) is 0 Å². The van der Waals surface area contributed by atoms with E-state index in [4.69, 9.17) is 5.11 Å². The molecule has 4 heteroatoms. The minimum atomic E-state index is -3.17. The van der Waals surface area contributed by atoms with E-state index >= 15 is 0 Å². The molecule has 0 aromatic heterocycles. The summed E-state index contributed by atoms with van der Waals surface area (Å²) in [6, 6.07) is 4.50. The van der Waals surface area contributed by atoms with Crippen LogP contribution in [0.25, 0.3) is 0 Å². The quantitative estimate of drug-likeness (QED) is 0.856. The normalized spacial score (nSPS) is 11.8. The largest absolute Gasteiger partial charge is 0.390 e. The van der Waals surface area contributed by atoms with Crippen LogP contribution in [0, 0.1) is 6.92 Å². The summed E-state index contributed by atoms with van der Waals surface area (Å²) in [7, 11) is 0. The molecule has 1 aromatic carbocycles. The van der Waals surface area contributed by atoms with Crippen LogP contribution in [0.2, 0.25) is 0 Å². The van der Waals surface area contributed by atoms with Crippen LogP contribution >= 0.6 is 15.9 Å². The number of hydrogen-bond acceptors (Lipinski definition) is 1. The van der Waals surface area contributed by atoms with Crippen LogP contribution in [0.1, 0.15) is 11.1 Å². The van der Waals surface area contributed by atoms with Gasteiger partial charge in [0.15, 0.2) is 0 Å². The van der Waals surface area contributed by atoms with Gasteiger partial charge in [-0.2, -0.15) is 8.78 Å². The predicted molar refractivity (Wildman–Crippen MR) is 49.9 cm³/mol. The van der Waals surface area contributed by atoms with Gasteiger partial charge in [0.05, 0.1) is 0 Å². The number of aliphatic hydroxyl groups is 1. The summed E-state index contributed by atoms with van der Waals surface area (Å²) in [5.74, 6) is -3.17. The maximum Gasteiger partial charge on any atom is 0.296 e. The van der Waals surface area contributed by atoms with Crippen molar-refractivity contribution in [1.29, 1.82) is 0 Å². The molecule has 13 heavy (non-hydrogen) atoms. The molecule has 0 spiro atoms. The van der Waals surface area contributed by atoms with E-state index in [1.165, 1.54) is 6.07 Å². The van der Waals surface area contributed by atoms with Crippen molar-refractivity contribution in [2.75, 3.05) is 6.61 Å². The summed E-state index contributed by atoms with van der Waals surface area (Å²) < 4.78 is 26.3. The zero-order valence-electron chi connectivity index (χ0n) is 7.02. The molecule has 0 amide bonds. The number of aryl methyl sites for hydroxylation is 1. The van der Waals surface area contributed by atoms with Crippen molar-refractivity contribution >= 4 is 15.9 Å². The first kappa shape index (κ1) is 10.6. The lowest BCUT2D eigenvalue weighted by Gasteiger charge is -2.15. The first-order valence-corrected chi connectivity index (χ1v) is 4.52. The second-order valence-corrected chi connectivity index (χ2v) is 3.70. The summed E-state index contributed by atoms with van der Waals surface area (Å²) in [5.41, 5.74) is 0.713. The SMILES string of the molecule is Cc1ccc(C(F)(F)CO)c(Br)c1. The van der Waals surface area contributed by atoms with Crippen molar-refractivity contribution in [2.45, 2.75) is 12.8 Å². The number of hydrogen-bond donors (Lipinski definition) is 1. The van der Waals surface area contributed by atoms with Gasteiger partial charge in [0.25, 0.3) is 5.92 Å². The molecule has 0 saturated carbocycles. The Hall–Kier alpha value is -0.480. The van der Waals surface area contributed by atoms with E-state index in [0.717, 1.165) is 5.56 Å². The van der Waals surface area contributed by atoms with Crippen LogP contribution in [-0.2, 0) is 5.92 Å². The van der Waals surface area contributed by atoms with E-state index in [2.05, 4.69) is 15.9 Å². The smallest absolute Gasteiger partial charge is 0.296 e. The maximum absolute atomic E-state index is 13.0. The minimum absolute atomic E-state index is 0.180. The van der Waals surface area contributed by atoms with Gasteiger partial charge in [-0.3, -0.25) is 0 Å². The highest BCUT2D eigenvalue weighted by molar-refractivity contribution is 9.10. The monoisotopic (exact) mass is 250 g/mol. The van der Waals surface area contributed by atoms with Crippen LogP contribution < -0.4 is 0 Å². The maximum atomic E-state index is 13.0. The molecule has 0 saturated heterocycles. The molecular formula is C9H9BrF2O. The van der Waals surface area contributed by atoms with E-state index in [0.29, 0.717) is 4.47 Å². The molecule has 1 nitrogen and oxygen atoms in total. The Labute approximate surface area is 83.5 Å². The molecule has 1 aromatic rings. The molecule has 0 unspecified atom stereocenters. The van der Waals surface area contributed by atoms with Gasteiger partial charge < -0.3 is 5.11 Å². The van der Waals surface area contributed by atoms with Gasteiger partial charge in [-0.25, -0.2) is 0 Å². The van der Waals surface area contributed by atoms with Crippen molar-refractivity contribution in [3.63, 3.8) is 0 Å². The van der Waals surface area contributed by atoms with Gasteiger partial charge in [0, 0.05) is 10.0 Å². The standard InChI is InChI=1S/C9H9BrF2O/c1-6-2-3-7(8(10)4-6)9(11,12)5-13/h2-4,13H,5H2,1H3. The van der Waals surface area contributed by atoms with Gasteiger partial charge in [-0.05, 0) is 18.6 Å². The molecular weight excluding hydrogens is 242 g/mol. The Morgan fingerprint density at radius 3 is 2.54 bits per heavy atom. The van der Waals surface area contributed by atoms with Crippen LogP contribution in [0.5, 0.6) is 0 Å². The Kier molecular flexibility index (Phi) is 3.03. The lowest BCUT2D eigenvalue weighted by molar-refractivity contribution is -0.0562. The van der Waals surface area contributed by atoms with Gasteiger partial charge in [0.2, 0.25) is 0 Å². The van der Waals surface area contributed by atoms with Crippen LogP contribution in [-0.4, -0.2) is 11.7 Å². The van der Waals surface area contributed by atoms with Crippen molar-refractivity contribution in [2.24, 2.45) is 0 Å². The summed E-state index contributed by atoms with van der Waals surface area (Å²) in [6.45, 7) is 0.639. The van der Waals surface area contributed by atoms with E-state index in [9.17, 15) is 8.78 Å². The highest BCUT2D eigenvalue weighted by atomic mass is 79.9. The molecule has 0 aliphatic carbocycles. The topological polar surface area (TPSA) is 20.2 Å². The van der Waals surface area contributed by atoms with Crippen LogP contribution in [0.4, 0.5) is 8.78 Å². The van der Waals surface area contributed by atoms with Gasteiger partial charge in [0.1, 0.15) is 6.61 Å².